The van der Waals surface area contributed by atoms with Crippen LogP contribution in [0.15, 0.2) is 36.9 Å². The molecule has 7 nitrogen and oxygen atoms in total. The van der Waals surface area contributed by atoms with Gasteiger partial charge in [-0.1, -0.05) is 31.2 Å². The maximum absolute atomic E-state index is 16.2. The highest BCUT2D eigenvalue weighted by Gasteiger charge is 2.28. The zero-order chi connectivity index (χ0) is 27.0. The Kier molecular flexibility index (Phi) is 7.38. The number of aromatic nitrogens is 2. The summed E-state index contributed by atoms with van der Waals surface area (Å²) in [5.41, 5.74) is -0.698. The number of anilines is 1. The molecular weight excluding hydrogens is 514 g/mol. The number of hydrogen-bond acceptors (Lipinski definition) is 6. The van der Waals surface area contributed by atoms with Crippen LogP contribution in [0.25, 0.3) is 22.0 Å². The summed E-state index contributed by atoms with van der Waals surface area (Å²) in [6, 6.07) is 5.25. The van der Waals surface area contributed by atoms with E-state index in [4.69, 9.17) is 16.3 Å². The van der Waals surface area contributed by atoms with Gasteiger partial charge >= 0.3 is 6.01 Å². The van der Waals surface area contributed by atoms with Crippen LogP contribution in [0.4, 0.5) is 14.6 Å². The van der Waals surface area contributed by atoms with Gasteiger partial charge in [0, 0.05) is 37.1 Å². The molecule has 2 fully saturated rings. The summed E-state index contributed by atoms with van der Waals surface area (Å²) >= 11 is 6.50. The van der Waals surface area contributed by atoms with Crippen LogP contribution in [0.3, 0.4) is 0 Å². The first-order chi connectivity index (χ1) is 18.3. The van der Waals surface area contributed by atoms with E-state index in [0.717, 1.165) is 31.7 Å². The molecule has 1 amide bonds. The number of amides is 1. The zero-order valence-electron chi connectivity index (χ0n) is 21.1. The molecule has 2 heterocycles. The number of fused-ring (bicyclic) bond motifs is 1. The molecule has 0 radical (unpaired) electrons. The summed E-state index contributed by atoms with van der Waals surface area (Å²) < 4.78 is 37.0. The highest BCUT2D eigenvalue weighted by Crippen LogP contribution is 2.43. The fraction of sp³-hybridized carbons (Fsp3) is 0.393. The maximum atomic E-state index is 16.2. The molecule has 3 aromatic rings. The number of carbonyl (C=O) groups is 1. The van der Waals surface area contributed by atoms with Crippen LogP contribution >= 0.6 is 11.6 Å². The first kappa shape index (κ1) is 26.2. The van der Waals surface area contributed by atoms with Crippen molar-refractivity contribution in [2.75, 3.05) is 31.1 Å². The van der Waals surface area contributed by atoms with Crippen molar-refractivity contribution < 1.29 is 23.4 Å². The molecule has 38 heavy (non-hydrogen) atoms. The molecule has 1 N–H and O–H groups in total. The molecule has 2 aromatic carbocycles. The minimum Gasteiger partial charge on any atom is -0.507 e. The van der Waals surface area contributed by atoms with Gasteiger partial charge in [-0.2, -0.15) is 9.97 Å². The third kappa shape index (κ3) is 4.99. The molecule has 2 aliphatic rings. The lowest BCUT2D eigenvalue weighted by atomic mass is 9.89. The molecule has 0 unspecified atom stereocenters. The van der Waals surface area contributed by atoms with E-state index in [9.17, 15) is 14.3 Å². The number of halogens is 3. The minimum absolute atomic E-state index is 0.0292. The topological polar surface area (TPSA) is 78.8 Å². The quantitative estimate of drug-likeness (QED) is 0.415. The Morgan fingerprint density at radius 2 is 1.84 bits per heavy atom. The number of rotatable bonds is 5. The number of benzene rings is 2. The van der Waals surface area contributed by atoms with Crippen molar-refractivity contribution >= 4 is 34.2 Å². The Bertz CT molecular complexity index is 1370. The van der Waals surface area contributed by atoms with Gasteiger partial charge in [0.1, 0.15) is 29.0 Å². The summed E-state index contributed by atoms with van der Waals surface area (Å²) in [6.07, 6.45) is 4.91. The van der Waals surface area contributed by atoms with E-state index in [1.165, 1.54) is 24.3 Å². The fourth-order valence-corrected chi connectivity index (χ4v) is 5.49. The zero-order valence-corrected chi connectivity index (χ0v) is 21.8. The van der Waals surface area contributed by atoms with Crippen molar-refractivity contribution in [1.29, 1.82) is 0 Å². The summed E-state index contributed by atoms with van der Waals surface area (Å²) in [7, 11) is 0. The average molecular weight is 543 g/mol. The van der Waals surface area contributed by atoms with Crippen LogP contribution < -0.4 is 9.64 Å². The van der Waals surface area contributed by atoms with Crippen LogP contribution in [0.5, 0.6) is 11.8 Å². The Morgan fingerprint density at radius 1 is 1.13 bits per heavy atom. The maximum Gasteiger partial charge on any atom is 0.319 e. The molecule has 1 aromatic heterocycles. The Balaban J connectivity index is 1.61. The second kappa shape index (κ2) is 10.7. The van der Waals surface area contributed by atoms with Gasteiger partial charge in [0.15, 0.2) is 5.82 Å². The molecule has 10 heteroatoms. The second-order valence-electron chi connectivity index (χ2n) is 9.92. The van der Waals surface area contributed by atoms with Gasteiger partial charge in [0.2, 0.25) is 5.91 Å². The predicted octanol–water partition coefficient (Wildman–Crippen LogP) is 5.73. The predicted molar refractivity (Wildman–Crippen MR) is 143 cm³/mol. The lowest BCUT2D eigenvalue weighted by molar-refractivity contribution is -0.126. The van der Waals surface area contributed by atoms with E-state index in [-0.39, 0.29) is 39.7 Å². The standard InChI is InChI=1S/C28H29ClF2N4O3/c1-3-22(37)34-11-13-35(14-12-34)27-18-15-19(29)23(24-20(30)5-4-6-21(24)36)25(31)26(18)32-28(33-27)38-17-9-7-16(2)8-10-17/h3-6,15-17,36H,1,7-14H2,2H3. The first-order valence-corrected chi connectivity index (χ1v) is 13.1. The highest BCUT2D eigenvalue weighted by molar-refractivity contribution is 6.34. The smallest absolute Gasteiger partial charge is 0.319 e. The van der Waals surface area contributed by atoms with Crippen molar-refractivity contribution in [1.82, 2.24) is 14.9 Å². The molecule has 0 atom stereocenters. The van der Waals surface area contributed by atoms with E-state index in [1.54, 1.807) is 4.90 Å². The van der Waals surface area contributed by atoms with E-state index in [0.29, 0.717) is 43.3 Å². The lowest BCUT2D eigenvalue weighted by Crippen LogP contribution is -2.48. The van der Waals surface area contributed by atoms with Gasteiger partial charge in [0.05, 0.1) is 10.6 Å². The fourth-order valence-electron chi connectivity index (χ4n) is 5.21. The SMILES string of the molecule is C=CC(=O)N1CCN(c2nc(OC3CCC(C)CC3)nc3c(F)c(-c4c(O)cccc4F)c(Cl)cc23)CC1. The monoisotopic (exact) mass is 542 g/mol. The summed E-state index contributed by atoms with van der Waals surface area (Å²) in [5.74, 6) is -1.24. The molecule has 1 saturated heterocycles. The summed E-state index contributed by atoms with van der Waals surface area (Å²) in [4.78, 5) is 24.8. The van der Waals surface area contributed by atoms with Crippen LogP contribution in [-0.2, 0) is 4.79 Å². The van der Waals surface area contributed by atoms with Crippen LogP contribution in [0.1, 0.15) is 32.6 Å². The van der Waals surface area contributed by atoms with Crippen molar-refractivity contribution in [2.24, 2.45) is 5.92 Å². The van der Waals surface area contributed by atoms with Crippen molar-refractivity contribution in [3.63, 3.8) is 0 Å². The number of phenolic OH excluding ortho intramolecular Hbond substituents is 1. The number of hydrogen-bond donors (Lipinski definition) is 1. The highest BCUT2D eigenvalue weighted by atomic mass is 35.5. The van der Waals surface area contributed by atoms with Gasteiger partial charge in [-0.05, 0) is 55.9 Å². The van der Waals surface area contributed by atoms with Gasteiger partial charge in [-0.15, -0.1) is 0 Å². The molecule has 0 bridgehead atoms. The average Bonchev–Trinajstić information content (AvgIpc) is 2.91. The third-order valence-electron chi connectivity index (χ3n) is 7.38. The Labute approximate surface area is 224 Å². The minimum atomic E-state index is -0.876. The van der Waals surface area contributed by atoms with E-state index < -0.39 is 17.4 Å². The van der Waals surface area contributed by atoms with Crippen LogP contribution in [0.2, 0.25) is 5.02 Å². The molecule has 1 aliphatic heterocycles. The molecule has 200 valence electrons. The number of carbonyl (C=O) groups excluding carboxylic acids is 1. The van der Waals surface area contributed by atoms with Gasteiger partial charge in [0.25, 0.3) is 0 Å². The lowest BCUT2D eigenvalue weighted by Gasteiger charge is -2.35. The van der Waals surface area contributed by atoms with Crippen LogP contribution in [0, 0.1) is 17.6 Å². The number of nitrogens with zero attached hydrogens (tertiary/aromatic N) is 4. The van der Waals surface area contributed by atoms with E-state index in [1.807, 2.05) is 4.90 Å². The number of piperazine rings is 1. The van der Waals surface area contributed by atoms with Crippen LogP contribution in [-0.4, -0.2) is 58.2 Å². The molecule has 1 saturated carbocycles. The number of ether oxygens (including phenoxy) is 1. The first-order valence-electron chi connectivity index (χ1n) is 12.8. The molecule has 1 aliphatic carbocycles. The third-order valence-corrected chi connectivity index (χ3v) is 7.68. The molecule has 0 spiro atoms. The number of aromatic hydroxyl groups is 1. The Morgan fingerprint density at radius 3 is 2.50 bits per heavy atom. The van der Waals surface area contributed by atoms with Gasteiger partial charge in [-0.3, -0.25) is 4.79 Å². The molecule has 5 rings (SSSR count). The summed E-state index contributed by atoms with van der Waals surface area (Å²) in [6.45, 7) is 7.51. The summed E-state index contributed by atoms with van der Waals surface area (Å²) in [5, 5.41) is 10.6. The largest absolute Gasteiger partial charge is 0.507 e. The Hall–Kier alpha value is -3.46. The van der Waals surface area contributed by atoms with Crippen molar-refractivity contribution in [3.8, 4) is 22.9 Å². The number of phenols is 1. The van der Waals surface area contributed by atoms with Gasteiger partial charge in [-0.25, -0.2) is 8.78 Å². The van der Waals surface area contributed by atoms with E-state index >= 15 is 4.39 Å². The second-order valence-corrected chi connectivity index (χ2v) is 10.3. The molecular formula is C28H29ClF2N4O3. The van der Waals surface area contributed by atoms with Gasteiger partial charge < -0.3 is 19.6 Å². The van der Waals surface area contributed by atoms with Crippen molar-refractivity contribution in [2.45, 2.75) is 38.7 Å². The van der Waals surface area contributed by atoms with Crippen molar-refractivity contribution in [3.05, 3.63) is 53.6 Å². The normalized spacial score (nSPS) is 20.0. The van der Waals surface area contributed by atoms with E-state index in [2.05, 4.69) is 23.5 Å².